The minimum atomic E-state index is -0.431. The lowest BCUT2D eigenvalue weighted by molar-refractivity contribution is 0.246. The molecular formula is C14H18Br2F2. The highest BCUT2D eigenvalue weighted by Gasteiger charge is 2.25. The Bertz CT molecular complexity index is 425. The first kappa shape index (κ1) is 16.1. The fraction of sp³-hybridized carbons (Fsp3) is 0.571. The molecule has 0 aliphatic heterocycles. The summed E-state index contributed by atoms with van der Waals surface area (Å²) < 4.78 is 27.4. The maximum atomic E-state index is 13.8. The maximum Gasteiger partial charge on any atom is 0.137 e. The van der Waals surface area contributed by atoms with Gasteiger partial charge in [-0.25, -0.2) is 8.78 Å². The topological polar surface area (TPSA) is 0 Å². The van der Waals surface area contributed by atoms with Crippen molar-refractivity contribution in [3.05, 3.63) is 33.8 Å². The molecule has 4 heteroatoms. The molecule has 0 nitrogen and oxygen atoms in total. The van der Waals surface area contributed by atoms with Crippen molar-refractivity contribution in [2.75, 3.05) is 0 Å². The van der Waals surface area contributed by atoms with Gasteiger partial charge in [0, 0.05) is 10.4 Å². The zero-order valence-electron chi connectivity index (χ0n) is 11.0. The molecule has 1 aromatic carbocycles. The van der Waals surface area contributed by atoms with E-state index in [2.05, 4.69) is 59.6 Å². The average molecular weight is 384 g/mol. The van der Waals surface area contributed by atoms with Crippen LogP contribution < -0.4 is 0 Å². The van der Waals surface area contributed by atoms with Crippen molar-refractivity contribution in [3.8, 4) is 0 Å². The molecule has 1 aromatic rings. The van der Waals surface area contributed by atoms with Gasteiger partial charge in [-0.05, 0) is 45.8 Å². The van der Waals surface area contributed by atoms with E-state index in [1.165, 1.54) is 12.1 Å². The molecule has 0 saturated heterocycles. The fourth-order valence-corrected chi connectivity index (χ4v) is 2.80. The van der Waals surface area contributed by atoms with Crippen LogP contribution in [0.1, 0.15) is 44.5 Å². The third-order valence-corrected chi connectivity index (χ3v) is 4.89. The van der Waals surface area contributed by atoms with E-state index < -0.39 is 5.82 Å². The van der Waals surface area contributed by atoms with Crippen molar-refractivity contribution < 1.29 is 8.78 Å². The van der Waals surface area contributed by atoms with Crippen LogP contribution in [-0.2, 0) is 0 Å². The van der Waals surface area contributed by atoms with Crippen molar-refractivity contribution in [3.63, 3.8) is 0 Å². The van der Waals surface area contributed by atoms with Gasteiger partial charge in [0.1, 0.15) is 11.6 Å². The van der Waals surface area contributed by atoms with Gasteiger partial charge in [0.25, 0.3) is 0 Å². The van der Waals surface area contributed by atoms with Gasteiger partial charge in [0.15, 0.2) is 0 Å². The zero-order chi connectivity index (χ0) is 14.1. The monoisotopic (exact) mass is 382 g/mol. The van der Waals surface area contributed by atoms with Gasteiger partial charge < -0.3 is 0 Å². The molecule has 0 aliphatic carbocycles. The number of benzene rings is 1. The van der Waals surface area contributed by atoms with E-state index in [1.807, 2.05) is 0 Å². The van der Waals surface area contributed by atoms with E-state index in [0.717, 1.165) is 6.42 Å². The Morgan fingerprint density at radius 1 is 1.17 bits per heavy atom. The first-order valence-corrected chi connectivity index (χ1v) is 7.62. The number of hydrogen-bond acceptors (Lipinski definition) is 0. The molecule has 2 unspecified atom stereocenters. The summed E-state index contributed by atoms with van der Waals surface area (Å²) in [5.41, 5.74) is 0.531. The van der Waals surface area contributed by atoms with Crippen LogP contribution in [0.4, 0.5) is 8.78 Å². The Morgan fingerprint density at radius 2 is 1.72 bits per heavy atom. The molecule has 0 saturated carbocycles. The van der Waals surface area contributed by atoms with Gasteiger partial charge in [0.05, 0.1) is 4.47 Å². The highest BCUT2D eigenvalue weighted by molar-refractivity contribution is 9.10. The Labute approximate surface area is 124 Å². The second-order valence-electron chi connectivity index (χ2n) is 5.76. The Morgan fingerprint density at radius 3 is 2.22 bits per heavy atom. The Kier molecular flexibility index (Phi) is 5.36. The predicted octanol–water partition coefficient (Wildman–Crippen LogP) is 6.24. The molecule has 0 radical (unpaired) electrons. The first-order chi connectivity index (χ1) is 8.12. The zero-order valence-corrected chi connectivity index (χ0v) is 14.2. The van der Waals surface area contributed by atoms with Gasteiger partial charge in [-0.3, -0.25) is 0 Å². The lowest BCUT2D eigenvalue weighted by Crippen LogP contribution is -2.18. The van der Waals surface area contributed by atoms with E-state index >= 15 is 0 Å². The quantitative estimate of drug-likeness (QED) is 0.428. The second kappa shape index (κ2) is 6.00. The summed E-state index contributed by atoms with van der Waals surface area (Å²) in [6, 6.07) is 2.44. The molecule has 0 N–H and O–H groups in total. The van der Waals surface area contributed by atoms with E-state index in [1.54, 1.807) is 0 Å². The fourth-order valence-electron chi connectivity index (χ4n) is 1.57. The lowest BCUT2D eigenvalue weighted by atomic mass is 9.79. The van der Waals surface area contributed by atoms with Gasteiger partial charge in [0.2, 0.25) is 0 Å². The lowest BCUT2D eigenvalue weighted by Gasteiger charge is -2.29. The molecule has 2 atom stereocenters. The summed E-state index contributed by atoms with van der Waals surface area (Å²) in [7, 11) is 0. The molecule has 0 aliphatic rings. The summed E-state index contributed by atoms with van der Waals surface area (Å²) in [6.07, 6.45) is 0.765. The molecule has 0 fully saturated rings. The molecular weight excluding hydrogens is 366 g/mol. The number of halogens is 4. The normalized spacial score (nSPS) is 15.6. The Balaban J connectivity index is 2.91. The van der Waals surface area contributed by atoms with E-state index in [-0.39, 0.29) is 20.5 Å². The summed E-state index contributed by atoms with van der Waals surface area (Å²) in [6.45, 7) is 8.57. The van der Waals surface area contributed by atoms with E-state index in [4.69, 9.17) is 0 Å². The first-order valence-electron chi connectivity index (χ1n) is 5.91. The second-order valence-corrected chi connectivity index (χ2v) is 7.72. The molecule has 1 rings (SSSR count). The minimum Gasteiger partial charge on any atom is -0.207 e. The van der Waals surface area contributed by atoms with Crippen LogP contribution in [0.25, 0.3) is 0 Å². The van der Waals surface area contributed by atoms with Crippen LogP contribution in [0, 0.1) is 23.0 Å². The summed E-state index contributed by atoms with van der Waals surface area (Å²) in [4.78, 5) is -0.172. The standard InChI is InChI=1S/C14H18Br2F2/c1-8(14(2,3)4)5-10(15)9-6-13(18)11(16)7-12(9)17/h6-8,10H,5H2,1-4H3. The number of hydrogen-bond donors (Lipinski definition) is 0. The molecule has 102 valence electrons. The van der Waals surface area contributed by atoms with Crippen molar-refractivity contribution in [1.82, 2.24) is 0 Å². The van der Waals surface area contributed by atoms with Crippen molar-refractivity contribution in [2.24, 2.45) is 11.3 Å². The van der Waals surface area contributed by atoms with Crippen molar-refractivity contribution in [1.29, 1.82) is 0 Å². The van der Waals surface area contributed by atoms with Crippen LogP contribution in [0.2, 0.25) is 0 Å². The van der Waals surface area contributed by atoms with Gasteiger partial charge in [-0.2, -0.15) is 0 Å². The molecule has 0 amide bonds. The smallest absolute Gasteiger partial charge is 0.137 e. The predicted molar refractivity (Wildman–Crippen MR) is 79.0 cm³/mol. The van der Waals surface area contributed by atoms with Gasteiger partial charge >= 0.3 is 0 Å². The Hall–Kier alpha value is 0.0400. The van der Waals surface area contributed by atoms with Crippen molar-refractivity contribution in [2.45, 2.75) is 38.9 Å². The van der Waals surface area contributed by atoms with Crippen LogP contribution >= 0.6 is 31.9 Å². The highest BCUT2D eigenvalue weighted by atomic mass is 79.9. The van der Waals surface area contributed by atoms with Crippen LogP contribution in [0.3, 0.4) is 0 Å². The minimum absolute atomic E-state index is 0.149. The maximum absolute atomic E-state index is 13.8. The third-order valence-electron chi connectivity index (χ3n) is 3.42. The van der Waals surface area contributed by atoms with Crippen LogP contribution in [-0.4, -0.2) is 0 Å². The molecule has 0 aromatic heterocycles. The molecule has 0 spiro atoms. The molecule has 0 bridgehead atoms. The van der Waals surface area contributed by atoms with Crippen molar-refractivity contribution >= 4 is 31.9 Å². The average Bonchev–Trinajstić information content (AvgIpc) is 2.21. The van der Waals surface area contributed by atoms with Crippen LogP contribution in [0.5, 0.6) is 0 Å². The highest BCUT2D eigenvalue weighted by Crippen LogP contribution is 2.39. The third kappa shape index (κ3) is 4.02. The van der Waals surface area contributed by atoms with E-state index in [0.29, 0.717) is 11.5 Å². The van der Waals surface area contributed by atoms with Gasteiger partial charge in [-0.1, -0.05) is 43.6 Å². The van der Waals surface area contributed by atoms with Crippen LogP contribution in [0.15, 0.2) is 16.6 Å². The summed E-state index contributed by atoms with van der Waals surface area (Å²) in [5, 5.41) is 0. The van der Waals surface area contributed by atoms with Gasteiger partial charge in [-0.15, -0.1) is 0 Å². The molecule has 0 heterocycles. The van der Waals surface area contributed by atoms with E-state index in [9.17, 15) is 8.78 Å². The summed E-state index contributed by atoms with van der Waals surface area (Å²) >= 11 is 6.45. The number of alkyl halides is 1. The SMILES string of the molecule is CC(CC(Br)c1cc(F)c(Br)cc1F)C(C)(C)C. The molecule has 18 heavy (non-hydrogen) atoms. The largest absolute Gasteiger partial charge is 0.207 e. The number of rotatable bonds is 3. The summed E-state index contributed by atoms with van der Waals surface area (Å²) in [5.74, 6) is -0.418.